The quantitative estimate of drug-likeness (QED) is 0.658. The molecule has 0 aliphatic heterocycles. The van der Waals surface area contributed by atoms with Gasteiger partial charge in [-0.15, -0.1) is 0 Å². The second-order valence-corrected chi connectivity index (χ2v) is 5.20. The number of rotatable bonds is 5. The summed E-state index contributed by atoms with van der Waals surface area (Å²) in [4.78, 5) is 0. The molecule has 0 heterocycles. The lowest BCUT2D eigenvalue weighted by Crippen LogP contribution is -2.38. The Hall–Kier alpha value is -1.16. The van der Waals surface area contributed by atoms with Crippen molar-refractivity contribution in [2.24, 2.45) is 5.84 Å². The van der Waals surface area contributed by atoms with Gasteiger partial charge in [-0.05, 0) is 30.0 Å². The van der Waals surface area contributed by atoms with Crippen LogP contribution < -0.4 is 11.3 Å². The molecule has 2 nitrogen and oxygen atoms in total. The molecule has 0 amide bonds. The predicted molar refractivity (Wildman–Crippen MR) is 79.1 cm³/mol. The minimum atomic E-state index is 0.242. The van der Waals surface area contributed by atoms with Gasteiger partial charge in [-0.2, -0.15) is 0 Å². The number of halogens is 1. The topological polar surface area (TPSA) is 38.0 Å². The molecule has 18 heavy (non-hydrogen) atoms. The molecule has 2 aromatic carbocycles. The zero-order chi connectivity index (χ0) is 12.8. The molecule has 0 aromatic heterocycles. The Bertz CT molecular complexity index is 485. The number of benzene rings is 2. The Kier molecular flexibility index (Phi) is 4.93. The second kappa shape index (κ2) is 6.69. The number of hydrogen-bond acceptors (Lipinski definition) is 2. The summed E-state index contributed by atoms with van der Waals surface area (Å²) in [6, 6.07) is 18.9. The largest absolute Gasteiger partial charge is 0.271 e. The van der Waals surface area contributed by atoms with Gasteiger partial charge in [-0.1, -0.05) is 64.5 Å². The average Bonchev–Trinajstić information content (AvgIpc) is 2.41. The third kappa shape index (κ3) is 3.67. The van der Waals surface area contributed by atoms with Crippen molar-refractivity contribution < 1.29 is 0 Å². The Balaban J connectivity index is 2.04. The first-order valence-corrected chi connectivity index (χ1v) is 6.82. The van der Waals surface area contributed by atoms with Crippen molar-refractivity contribution in [3.8, 4) is 0 Å². The van der Waals surface area contributed by atoms with Crippen molar-refractivity contribution in [2.75, 3.05) is 0 Å². The monoisotopic (exact) mass is 304 g/mol. The molecule has 1 unspecified atom stereocenters. The van der Waals surface area contributed by atoms with Crippen LogP contribution in [0.4, 0.5) is 0 Å². The molecule has 2 rings (SSSR count). The number of hydrogen-bond donors (Lipinski definition) is 2. The van der Waals surface area contributed by atoms with Gasteiger partial charge in [-0.3, -0.25) is 11.3 Å². The zero-order valence-corrected chi connectivity index (χ0v) is 11.7. The minimum absolute atomic E-state index is 0.242. The average molecular weight is 305 g/mol. The van der Waals surface area contributed by atoms with E-state index in [-0.39, 0.29) is 6.04 Å². The lowest BCUT2D eigenvalue weighted by molar-refractivity contribution is 0.522. The molecule has 0 fully saturated rings. The van der Waals surface area contributed by atoms with E-state index in [2.05, 4.69) is 63.8 Å². The summed E-state index contributed by atoms with van der Waals surface area (Å²) >= 11 is 3.57. The number of nitrogens with two attached hydrogens (primary N) is 1. The van der Waals surface area contributed by atoms with E-state index >= 15 is 0 Å². The fourth-order valence-corrected chi connectivity index (χ4v) is 2.46. The SMILES string of the molecule is NNC(Cc1ccccc1)Cc1ccccc1Br. The standard InChI is InChI=1S/C15H17BrN2/c16-15-9-5-4-8-13(15)11-14(18-17)10-12-6-2-1-3-7-12/h1-9,14,18H,10-11,17H2. The number of nitrogens with one attached hydrogen (secondary N) is 1. The first-order chi connectivity index (χ1) is 8.79. The van der Waals surface area contributed by atoms with Gasteiger partial charge in [-0.25, -0.2) is 0 Å². The van der Waals surface area contributed by atoms with Crippen LogP contribution in [0.1, 0.15) is 11.1 Å². The Morgan fingerprint density at radius 2 is 1.61 bits per heavy atom. The molecule has 0 aliphatic rings. The molecule has 94 valence electrons. The fourth-order valence-electron chi connectivity index (χ4n) is 2.02. The van der Waals surface area contributed by atoms with Gasteiger partial charge in [0.25, 0.3) is 0 Å². The molecular formula is C15H17BrN2. The maximum Gasteiger partial charge on any atom is 0.0291 e. The lowest BCUT2D eigenvalue weighted by atomic mass is 9.99. The maximum atomic E-state index is 5.65. The summed E-state index contributed by atoms with van der Waals surface area (Å²) in [6.07, 6.45) is 1.84. The lowest BCUT2D eigenvalue weighted by Gasteiger charge is -2.16. The zero-order valence-electron chi connectivity index (χ0n) is 10.1. The van der Waals surface area contributed by atoms with Gasteiger partial charge < -0.3 is 0 Å². The molecular weight excluding hydrogens is 288 g/mol. The summed E-state index contributed by atoms with van der Waals surface area (Å²) in [6.45, 7) is 0. The minimum Gasteiger partial charge on any atom is -0.271 e. The first-order valence-electron chi connectivity index (χ1n) is 6.03. The van der Waals surface area contributed by atoms with Crippen LogP contribution in [0.5, 0.6) is 0 Å². The molecule has 0 spiro atoms. The summed E-state index contributed by atoms with van der Waals surface area (Å²) in [5.74, 6) is 5.65. The molecule has 2 aromatic rings. The van der Waals surface area contributed by atoms with Crippen LogP contribution in [0.3, 0.4) is 0 Å². The van der Waals surface area contributed by atoms with E-state index in [0.717, 1.165) is 17.3 Å². The molecule has 1 atom stereocenters. The van der Waals surface area contributed by atoms with E-state index in [1.165, 1.54) is 11.1 Å². The second-order valence-electron chi connectivity index (χ2n) is 4.35. The van der Waals surface area contributed by atoms with Crippen molar-refractivity contribution in [2.45, 2.75) is 18.9 Å². The molecule has 3 heteroatoms. The molecule has 0 saturated carbocycles. The van der Waals surface area contributed by atoms with Crippen LogP contribution in [-0.4, -0.2) is 6.04 Å². The third-order valence-corrected chi connectivity index (χ3v) is 3.76. The molecule has 3 N–H and O–H groups in total. The van der Waals surface area contributed by atoms with Crippen LogP contribution in [0.25, 0.3) is 0 Å². The maximum absolute atomic E-state index is 5.65. The van der Waals surface area contributed by atoms with Gasteiger partial charge in [0.05, 0.1) is 0 Å². The first kappa shape index (κ1) is 13.3. The van der Waals surface area contributed by atoms with Crippen LogP contribution in [0.15, 0.2) is 59.1 Å². The van der Waals surface area contributed by atoms with E-state index in [1.807, 2.05) is 12.1 Å². The van der Waals surface area contributed by atoms with E-state index in [0.29, 0.717) is 0 Å². The van der Waals surface area contributed by atoms with Crippen LogP contribution in [-0.2, 0) is 12.8 Å². The smallest absolute Gasteiger partial charge is 0.0291 e. The van der Waals surface area contributed by atoms with Crippen molar-refractivity contribution >= 4 is 15.9 Å². The Labute approximate surface area is 116 Å². The molecule has 0 bridgehead atoms. The fraction of sp³-hybridized carbons (Fsp3) is 0.200. The van der Waals surface area contributed by atoms with E-state index in [4.69, 9.17) is 5.84 Å². The summed E-state index contributed by atoms with van der Waals surface area (Å²) in [5, 5.41) is 0. The van der Waals surface area contributed by atoms with Crippen molar-refractivity contribution in [3.63, 3.8) is 0 Å². The van der Waals surface area contributed by atoms with Gasteiger partial charge in [0.1, 0.15) is 0 Å². The highest BCUT2D eigenvalue weighted by Gasteiger charge is 2.10. The van der Waals surface area contributed by atoms with Crippen LogP contribution in [0, 0.1) is 0 Å². The Morgan fingerprint density at radius 3 is 2.28 bits per heavy atom. The van der Waals surface area contributed by atoms with Gasteiger partial charge in [0.2, 0.25) is 0 Å². The summed E-state index contributed by atoms with van der Waals surface area (Å²) in [7, 11) is 0. The molecule has 0 aliphatic carbocycles. The summed E-state index contributed by atoms with van der Waals surface area (Å²) < 4.78 is 1.14. The molecule has 0 saturated heterocycles. The van der Waals surface area contributed by atoms with E-state index in [9.17, 15) is 0 Å². The molecule has 0 radical (unpaired) electrons. The van der Waals surface area contributed by atoms with Gasteiger partial charge in [0, 0.05) is 10.5 Å². The third-order valence-electron chi connectivity index (χ3n) is 2.98. The highest BCUT2D eigenvalue weighted by Crippen LogP contribution is 2.18. The van der Waals surface area contributed by atoms with Gasteiger partial charge in [0.15, 0.2) is 0 Å². The van der Waals surface area contributed by atoms with Crippen LogP contribution in [0.2, 0.25) is 0 Å². The Morgan fingerprint density at radius 1 is 0.944 bits per heavy atom. The van der Waals surface area contributed by atoms with Crippen molar-refractivity contribution in [3.05, 3.63) is 70.2 Å². The van der Waals surface area contributed by atoms with E-state index in [1.54, 1.807) is 0 Å². The highest BCUT2D eigenvalue weighted by atomic mass is 79.9. The predicted octanol–water partition coefficient (Wildman–Crippen LogP) is 3.07. The van der Waals surface area contributed by atoms with Crippen molar-refractivity contribution in [1.82, 2.24) is 5.43 Å². The van der Waals surface area contributed by atoms with Gasteiger partial charge >= 0.3 is 0 Å². The van der Waals surface area contributed by atoms with Crippen molar-refractivity contribution in [1.29, 1.82) is 0 Å². The van der Waals surface area contributed by atoms with Crippen LogP contribution >= 0.6 is 15.9 Å². The normalized spacial score (nSPS) is 12.3. The number of hydrazine groups is 1. The summed E-state index contributed by atoms with van der Waals surface area (Å²) in [5.41, 5.74) is 5.48. The van der Waals surface area contributed by atoms with E-state index < -0.39 is 0 Å². The highest BCUT2D eigenvalue weighted by molar-refractivity contribution is 9.10.